The molecule has 6 heteroatoms. The van der Waals surface area contributed by atoms with Gasteiger partial charge < -0.3 is 15.2 Å². The highest BCUT2D eigenvalue weighted by Crippen LogP contribution is 2.19. The highest BCUT2D eigenvalue weighted by Gasteiger charge is 2.12. The molecule has 3 aromatic carbocycles. The van der Waals surface area contributed by atoms with Gasteiger partial charge in [0.2, 0.25) is 0 Å². The molecule has 0 unspecified atom stereocenters. The third-order valence-corrected chi connectivity index (χ3v) is 5.47. The molecule has 6 nitrogen and oxygen atoms in total. The van der Waals surface area contributed by atoms with Gasteiger partial charge in [-0.1, -0.05) is 36.4 Å². The molecule has 1 aromatic heterocycles. The number of fused-ring (bicyclic) bond motifs is 1. The van der Waals surface area contributed by atoms with E-state index < -0.39 is 0 Å². The number of anilines is 1. The molecule has 1 heterocycles. The van der Waals surface area contributed by atoms with Crippen molar-refractivity contribution >= 4 is 28.5 Å². The predicted octanol–water partition coefficient (Wildman–Crippen LogP) is 4.73. The molecule has 2 amide bonds. The summed E-state index contributed by atoms with van der Waals surface area (Å²) < 4.78 is 2.17. The van der Waals surface area contributed by atoms with E-state index in [0.29, 0.717) is 23.4 Å². The van der Waals surface area contributed by atoms with Crippen LogP contribution < -0.4 is 10.6 Å². The second-order valence-electron chi connectivity index (χ2n) is 7.76. The first-order chi connectivity index (χ1) is 15.5. The van der Waals surface area contributed by atoms with Crippen LogP contribution in [0, 0.1) is 13.8 Å². The highest BCUT2D eigenvalue weighted by molar-refractivity contribution is 6.05. The van der Waals surface area contributed by atoms with E-state index in [2.05, 4.69) is 26.3 Å². The molecular formula is C26H26N4O2. The molecule has 0 radical (unpaired) electrons. The Bertz CT molecular complexity index is 1260. The molecule has 0 fully saturated rings. The van der Waals surface area contributed by atoms with Crippen molar-refractivity contribution in [1.29, 1.82) is 0 Å². The second kappa shape index (κ2) is 9.47. The number of hydrogen-bond acceptors (Lipinski definition) is 3. The zero-order valence-electron chi connectivity index (χ0n) is 18.3. The monoisotopic (exact) mass is 426 g/mol. The summed E-state index contributed by atoms with van der Waals surface area (Å²) in [6.45, 7) is 5.22. The number of imidazole rings is 1. The summed E-state index contributed by atoms with van der Waals surface area (Å²) in [6, 6.07) is 22.4. The van der Waals surface area contributed by atoms with E-state index in [1.54, 1.807) is 24.3 Å². The molecule has 0 spiro atoms. The number of aryl methyl sites for hydroxylation is 3. The van der Waals surface area contributed by atoms with Gasteiger partial charge in [-0.2, -0.15) is 0 Å². The molecule has 0 atom stereocenters. The van der Waals surface area contributed by atoms with Crippen molar-refractivity contribution in [1.82, 2.24) is 14.9 Å². The molecule has 32 heavy (non-hydrogen) atoms. The average molecular weight is 427 g/mol. The van der Waals surface area contributed by atoms with E-state index >= 15 is 0 Å². The van der Waals surface area contributed by atoms with E-state index in [1.165, 1.54) is 0 Å². The van der Waals surface area contributed by atoms with Gasteiger partial charge in [-0.05, 0) is 62.2 Å². The maximum absolute atomic E-state index is 12.7. The maximum Gasteiger partial charge on any atom is 0.255 e. The van der Waals surface area contributed by atoms with Crippen molar-refractivity contribution in [3.8, 4) is 0 Å². The maximum atomic E-state index is 12.7. The molecule has 2 N–H and O–H groups in total. The van der Waals surface area contributed by atoms with Crippen LogP contribution in [0.2, 0.25) is 0 Å². The SMILES string of the molecule is Cc1ccc(C(=O)NCCCn2c(C)nc3ccccc32)cc1NC(=O)c1ccccc1. The van der Waals surface area contributed by atoms with Gasteiger partial charge in [0.05, 0.1) is 11.0 Å². The average Bonchev–Trinajstić information content (AvgIpc) is 3.13. The quantitative estimate of drug-likeness (QED) is 0.420. The van der Waals surface area contributed by atoms with Crippen LogP contribution >= 0.6 is 0 Å². The van der Waals surface area contributed by atoms with Crippen LogP contribution in [0.1, 0.15) is 38.5 Å². The van der Waals surface area contributed by atoms with Crippen LogP contribution in [0.15, 0.2) is 72.8 Å². The van der Waals surface area contributed by atoms with Crippen molar-refractivity contribution in [2.45, 2.75) is 26.8 Å². The van der Waals surface area contributed by atoms with Crippen LogP contribution in [0.4, 0.5) is 5.69 Å². The van der Waals surface area contributed by atoms with E-state index in [1.807, 2.05) is 56.3 Å². The Morgan fingerprint density at radius 2 is 1.62 bits per heavy atom. The lowest BCUT2D eigenvalue weighted by Crippen LogP contribution is -2.25. The largest absolute Gasteiger partial charge is 0.352 e. The molecule has 0 bridgehead atoms. The summed E-state index contributed by atoms with van der Waals surface area (Å²) in [5.74, 6) is 0.608. The normalized spacial score (nSPS) is 10.8. The first-order valence-electron chi connectivity index (χ1n) is 10.7. The molecule has 162 valence electrons. The Balaban J connectivity index is 1.35. The Labute approximate surface area is 187 Å². The number of para-hydroxylation sites is 2. The molecule has 4 rings (SSSR count). The molecule has 0 aliphatic heterocycles. The number of nitrogens with zero attached hydrogens (tertiary/aromatic N) is 2. The van der Waals surface area contributed by atoms with Crippen LogP contribution in [0.3, 0.4) is 0 Å². The van der Waals surface area contributed by atoms with Gasteiger partial charge in [0.1, 0.15) is 5.82 Å². The topological polar surface area (TPSA) is 76.0 Å². The number of amides is 2. The number of hydrogen-bond donors (Lipinski definition) is 2. The van der Waals surface area contributed by atoms with Gasteiger partial charge in [0.15, 0.2) is 0 Å². The lowest BCUT2D eigenvalue weighted by molar-refractivity contribution is 0.0951. The lowest BCUT2D eigenvalue weighted by atomic mass is 10.1. The highest BCUT2D eigenvalue weighted by atomic mass is 16.2. The summed E-state index contributed by atoms with van der Waals surface area (Å²) in [7, 11) is 0. The van der Waals surface area contributed by atoms with Crippen molar-refractivity contribution < 1.29 is 9.59 Å². The zero-order valence-corrected chi connectivity index (χ0v) is 18.3. The smallest absolute Gasteiger partial charge is 0.255 e. The Hall–Kier alpha value is -3.93. The third-order valence-electron chi connectivity index (χ3n) is 5.47. The Morgan fingerprint density at radius 3 is 2.44 bits per heavy atom. The van der Waals surface area contributed by atoms with Gasteiger partial charge >= 0.3 is 0 Å². The molecule has 0 saturated carbocycles. The number of carbonyl (C=O) groups is 2. The molecule has 0 aliphatic rings. The van der Waals surface area contributed by atoms with Crippen LogP contribution in [0.25, 0.3) is 11.0 Å². The van der Waals surface area contributed by atoms with E-state index in [9.17, 15) is 9.59 Å². The van der Waals surface area contributed by atoms with Crippen molar-refractivity contribution in [3.05, 3.63) is 95.3 Å². The number of rotatable bonds is 7. The minimum Gasteiger partial charge on any atom is -0.352 e. The van der Waals surface area contributed by atoms with Gasteiger partial charge in [0.25, 0.3) is 11.8 Å². The minimum atomic E-state index is -0.200. The first-order valence-corrected chi connectivity index (χ1v) is 10.7. The van der Waals surface area contributed by atoms with E-state index in [4.69, 9.17) is 0 Å². The van der Waals surface area contributed by atoms with Gasteiger partial charge in [0, 0.05) is 29.9 Å². The first kappa shape index (κ1) is 21.3. The lowest BCUT2D eigenvalue weighted by Gasteiger charge is -2.12. The molecule has 4 aromatic rings. The standard InChI is InChI=1S/C26H26N4O2/c1-18-13-14-21(17-23(18)29-26(32)20-9-4-3-5-10-20)25(31)27-15-8-16-30-19(2)28-22-11-6-7-12-24(22)30/h3-7,9-14,17H,8,15-16H2,1-2H3,(H,27,31)(H,29,32). The summed E-state index contributed by atoms with van der Waals surface area (Å²) in [6.07, 6.45) is 0.788. The van der Waals surface area contributed by atoms with Crippen LogP contribution in [-0.2, 0) is 6.54 Å². The van der Waals surface area contributed by atoms with Crippen LogP contribution in [-0.4, -0.2) is 27.9 Å². The fourth-order valence-electron chi connectivity index (χ4n) is 3.70. The summed E-state index contributed by atoms with van der Waals surface area (Å²) in [5, 5.41) is 5.88. The molecular weight excluding hydrogens is 400 g/mol. The Kier molecular flexibility index (Phi) is 6.31. The fraction of sp³-hybridized carbons (Fsp3) is 0.192. The second-order valence-corrected chi connectivity index (χ2v) is 7.76. The summed E-state index contributed by atoms with van der Waals surface area (Å²) in [5.41, 5.74) is 4.71. The van der Waals surface area contributed by atoms with Gasteiger partial charge in [-0.15, -0.1) is 0 Å². The number of benzene rings is 3. The Morgan fingerprint density at radius 1 is 0.875 bits per heavy atom. The van der Waals surface area contributed by atoms with Crippen molar-refractivity contribution in [2.75, 3.05) is 11.9 Å². The number of nitrogens with one attached hydrogen (secondary N) is 2. The third kappa shape index (κ3) is 4.70. The predicted molar refractivity (Wildman–Crippen MR) is 127 cm³/mol. The summed E-state index contributed by atoms with van der Waals surface area (Å²) >= 11 is 0. The zero-order chi connectivity index (χ0) is 22.5. The van der Waals surface area contributed by atoms with Gasteiger partial charge in [-0.3, -0.25) is 9.59 Å². The number of carbonyl (C=O) groups excluding carboxylic acids is 2. The van der Waals surface area contributed by atoms with Crippen LogP contribution in [0.5, 0.6) is 0 Å². The van der Waals surface area contributed by atoms with E-state index in [0.717, 1.165) is 35.4 Å². The van der Waals surface area contributed by atoms with Gasteiger partial charge in [-0.25, -0.2) is 4.98 Å². The minimum absolute atomic E-state index is 0.160. The van der Waals surface area contributed by atoms with Crippen molar-refractivity contribution in [3.63, 3.8) is 0 Å². The fourth-order valence-corrected chi connectivity index (χ4v) is 3.70. The molecule has 0 saturated heterocycles. The van der Waals surface area contributed by atoms with E-state index in [-0.39, 0.29) is 11.8 Å². The summed E-state index contributed by atoms with van der Waals surface area (Å²) in [4.78, 5) is 29.7. The molecule has 0 aliphatic carbocycles. The number of aromatic nitrogens is 2. The van der Waals surface area contributed by atoms with Crippen molar-refractivity contribution in [2.24, 2.45) is 0 Å².